The smallest absolute Gasteiger partial charge is 0.253 e. The fraction of sp³-hybridized carbons (Fsp3) is 0.278. The van der Waals surface area contributed by atoms with Gasteiger partial charge in [-0.3, -0.25) is 4.79 Å². The van der Waals surface area contributed by atoms with Crippen LogP contribution in [0.4, 0.5) is 0 Å². The van der Waals surface area contributed by atoms with E-state index < -0.39 is 0 Å². The van der Waals surface area contributed by atoms with Gasteiger partial charge in [-0.2, -0.15) is 0 Å². The Bertz CT molecular complexity index is 583. The molecule has 1 amide bonds. The lowest BCUT2D eigenvalue weighted by molar-refractivity contribution is 0.0703. The van der Waals surface area contributed by atoms with Crippen LogP contribution in [0.25, 0.3) is 0 Å². The monoisotopic (exact) mass is 280 g/mol. The zero-order chi connectivity index (χ0) is 14.5. The van der Waals surface area contributed by atoms with E-state index in [1.165, 1.54) is 5.56 Å². The molecule has 1 unspecified atom stereocenters. The molecule has 3 rings (SSSR count). The molecule has 0 radical (unpaired) electrons. The molecule has 0 bridgehead atoms. The van der Waals surface area contributed by atoms with Gasteiger partial charge >= 0.3 is 0 Å². The van der Waals surface area contributed by atoms with Crippen LogP contribution in [0.3, 0.4) is 0 Å². The van der Waals surface area contributed by atoms with Crippen molar-refractivity contribution in [2.75, 3.05) is 19.6 Å². The van der Waals surface area contributed by atoms with Gasteiger partial charge in [0.15, 0.2) is 0 Å². The molecule has 3 heteroatoms. The lowest BCUT2D eigenvalue weighted by Crippen LogP contribution is -2.53. The third kappa shape index (κ3) is 3.50. The molecular formula is C18H20N2O. The number of carbonyl (C=O) groups excluding carboxylic acids is 1. The van der Waals surface area contributed by atoms with Gasteiger partial charge in [-0.05, 0) is 24.1 Å². The molecule has 1 fully saturated rings. The Morgan fingerprint density at radius 2 is 1.71 bits per heavy atom. The molecule has 0 aromatic heterocycles. The van der Waals surface area contributed by atoms with Gasteiger partial charge < -0.3 is 10.2 Å². The van der Waals surface area contributed by atoms with Crippen LogP contribution in [0.5, 0.6) is 0 Å². The molecule has 0 saturated carbocycles. The molecular weight excluding hydrogens is 260 g/mol. The molecule has 1 aliphatic heterocycles. The predicted octanol–water partition coefficient (Wildman–Crippen LogP) is 2.34. The second-order valence-electron chi connectivity index (χ2n) is 5.46. The Hall–Kier alpha value is -2.13. The van der Waals surface area contributed by atoms with Crippen LogP contribution < -0.4 is 5.32 Å². The highest BCUT2D eigenvalue weighted by molar-refractivity contribution is 5.94. The first kappa shape index (κ1) is 13.8. The van der Waals surface area contributed by atoms with Crippen molar-refractivity contribution in [2.45, 2.75) is 12.5 Å². The number of hydrogen-bond donors (Lipinski definition) is 1. The molecule has 0 spiro atoms. The van der Waals surface area contributed by atoms with Crippen molar-refractivity contribution in [1.29, 1.82) is 0 Å². The first-order valence-corrected chi connectivity index (χ1v) is 7.44. The lowest BCUT2D eigenvalue weighted by atomic mass is 10.0. The molecule has 1 saturated heterocycles. The fourth-order valence-corrected chi connectivity index (χ4v) is 2.81. The Labute approximate surface area is 125 Å². The number of benzene rings is 2. The second kappa shape index (κ2) is 6.55. The van der Waals surface area contributed by atoms with Crippen molar-refractivity contribution < 1.29 is 4.79 Å². The van der Waals surface area contributed by atoms with Gasteiger partial charge in [-0.15, -0.1) is 0 Å². The van der Waals surface area contributed by atoms with Crippen molar-refractivity contribution >= 4 is 5.91 Å². The van der Waals surface area contributed by atoms with E-state index in [9.17, 15) is 4.79 Å². The van der Waals surface area contributed by atoms with Crippen molar-refractivity contribution in [3.05, 3.63) is 71.8 Å². The molecule has 2 aromatic carbocycles. The molecule has 108 valence electrons. The minimum absolute atomic E-state index is 0.134. The van der Waals surface area contributed by atoms with Crippen molar-refractivity contribution in [3.8, 4) is 0 Å². The summed E-state index contributed by atoms with van der Waals surface area (Å²) >= 11 is 0. The van der Waals surface area contributed by atoms with E-state index >= 15 is 0 Å². The van der Waals surface area contributed by atoms with E-state index in [0.29, 0.717) is 6.04 Å². The lowest BCUT2D eigenvalue weighted by Gasteiger charge is -2.34. The third-order valence-corrected chi connectivity index (χ3v) is 3.89. The van der Waals surface area contributed by atoms with Crippen LogP contribution in [-0.2, 0) is 6.42 Å². The first-order valence-electron chi connectivity index (χ1n) is 7.44. The number of nitrogens with zero attached hydrogens (tertiary/aromatic N) is 1. The number of piperazine rings is 1. The predicted molar refractivity (Wildman–Crippen MR) is 84.3 cm³/mol. The largest absolute Gasteiger partial charge is 0.336 e. The summed E-state index contributed by atoms with van der Waals surface area (Å²) in [6, 6.07) is 20.3. The maximum Gasteiger partial charge on any atom is 0.253 e. The van der Waals surface area contributed by atoms with Gasteiger partial charge in [0.25, 0.3) is 5.91 Å². The van der Waals surface area contributed by atoms with E-state index in [4.69, 9.17) is 0 Å². The summed E-state index contributed by atoms with van der Waals surface area (Å²) in [5, 5.41) is 3.51. The normalized spacial score (nSPS) is 18.5. The molecule has 21 heavy (non-hydrogen) atoms. The Kier molecular flexibility index (Phi) is 4.31. The van der Waals surface area contributed by atoms with Gasteiger partial charge in [-0.1, -0.05) is 48.5 Å². The van der Waals surface area contributed by atoms with Gasteiger partial charge in [0.1, 0.15) is 0 Å². The maximum absolute atomic E-state index is 12.5. The average molecular weight is 280 g/mol. The van der Waals surface area contributed by atoms with E-state index in [1.807, 2.05) is 41.3 Å². The summed E-state index contributed by atoms with van der Waals surface area (Å²) in [7, 11) is 0. The average Bonchev–Trinajstić information content (AvgIpc) is 2.56. The SMILES string of the molecule is O=C(c1ccccc1)N1CCNC(Cc2ccccc2)C1. The minimum atomic E-state index is 0.134. The summed E-state index contributed by atoms with van der Waals surface area (Å²) in [6.45, 7) is 2.40. The second-order valence-corrected chi connectivity index (χ2v) is 5.46. The zero-order valence-corrected chi connectivity index (χ0v) is 12.0. The highest BCUT2D eigenvalue weighted by Gasteiger charge is 2.23. The number of nitrogens with one attached hydrogen (secondary N) is 1. The van der Waals surface area contributed by atoms with E-state index in [-0.39, 0.29) is 5.91 Å². The Morgan fingerprint density at radius 3 is 2.43 bits per heavy atom. The summed E-state index contributed by atoms with van der Waals surface area (Å²) < 4.78 is 0. The minimum Gasteiger partial charge on any atom is -0.336 e. The van der Waals surface area contributed by atoms with Crippen LogP contribution in [0, 0.1) is 0 Å². The third-order valence-electron chi connectivity index (χ3n) is 3.89. The van der Waals surface area contributed by atoms with Crippen LogP contribution in [0.2, 0.25) is 0 Å². The molecule has 2 aromatic rings. The highest BCUT2D eigenvalue weighted by Crippen LogP contribution is 2.11. The van der Waals surface area contributed by atoms with Gasteiger partial charge in [0.05, 0.1) is 0 Å². The Morgan fingerprint density at radius 1 is 1.05 bits per heavy atom. The fourth-order valence-electron chi connectivity index (χ4n) is 2.81. The molecule has 1 atom stereocenters. The van der Waals surface area contributed by atoms with Gasteiger partial charge in [0.2, 0.25) is 0 Å². The van der Waals surface area contributed by atoms with E-state index in [2.05, 4.69) is 29.6 Å². The first-order chi connectivity index (χ1) is 10.3. The van der Waals surface area contributed by atoms with Crippen LogP contribution >= 0.6 is 0 Å². The number of carbonyl (C=O) groups is 1. The molecule has 3 nitrogen and oxygen atoms in total. The molecule has 1 N–H and O–H groups in total. The highest BCUT2D eigenvalue weighted by atomic mass is 16.2. The molecule has 1 heterocycles. The summed E-state index contributed by atoms with van der Waals surface area (Å²) in [5.74, 6) is 0.134. The molecule has 0 aliphatic carbocycles. The maximum atomic E-state index is 12.5. The summed E-state index contributed by atoms with van der Waals surface area (Å²) in [6.07, 6.45) is 0.958. The summed E-state index contributed by atoms with van der Waals surface area (Å²) in [5.41, 5.74) is 2.09. The number of hydrogen-bond acceptors (Lipinski definition) is 2. The number of amides is 1. The topological polar surface area (TPSA) is 32.3 Å². The summed E-state index contributed by atoms with van der Waals surface area (Å²) in [4.78, 5) is 14.5. The number of rotatable bonds is 3. The van der Waals surface area contributed by atoms with Crippen molar-refractivity contribution in [1.82, 2.24) is 10.2 Å². The van der Waals surface area contributed by atoms with Gasteiger partial charge in [0, 0.05) is 31.2 Å². The van der Waals surface area contributed by atoms with Crippen LogP contribution in [0.15, 0.2) is 60.7 Å². The zero-order valence-electron chi connectivity index (χ0n) is 12.0. The standard InChI is InChI=1S/C18H20N2O/c21-18(16-9-5-2-6-10-16)20-12-11-19-17(14-20)13-15-7-3-1-4-8-15/h1-10,17,19H,11-14H2. The van der Waals surface area contributed by atoms with Crippen molar-refractivity contribution in [2.24, 2.45) is 0 Å². The van der Waals surface area contributed by atoms with Crippen LogP contribution in [0.1, 0.15) is 15.9 Å². The molecule has 1 aliphatic rings. The quantitative estimate of drug-likeness (QED) is 0.936. The van der Waals surface area contributed by atoms with E-state index in [0.717, 1.165) is 31.6 Å². The van der Waals surface area contributed by atoms with Crippen molar-refractivity contribution in [3.63, 3.8) is 0 Å². The van der Waals surface area contributed by atoms with Gasteiger partial charge in [-0.25, -0.2) is 0 Å². The van der Waals surface area contributed by atoms with Crippen LogP contribution in [-0.4, -0.2) is 36.5 Å². The van der Waals surface area contributed by atoms with E-state index in [1.54, 1.807) is 0 Å². The Balaban J connectivity index is 1.64.